The summed E-state index contributed by atoms with van der Waals surface area (Å²) in [5, 5.41) is 2.94. The van der Waals surface area contributed by atoms with Crippen molar-refractivity contribution in [3.05, 3.63) is 0 Å². The monoisotopic (exact) mass is 214 g/mol. The van der Waals surface area contributed by atoms with Crippen LogP contribution in [0, 0.1) is 0 Å². The normalized spacial score (nSPS) is 14.7. The molecule has 0 aromatic rings. The minimum absolute atomic E-state index is 0.0134. The largest absolute Gasteiger partial charge is 0.352 e. The molecule has 0 rings (SSSR count). The molecule has 0 saturated heterocycles. The van der Waals surface area contributed by atoms with Gasteiger partial charge >= 0.3 is 0 Å². The first kappa shape index (κ1) is 14.4. The maximum atomic E-state index is 11.4. The molecule has 0 radical (unpaired) electrons. The first-order chi connectivity index (χ1) is 7.11. The summed E-state index contributed by atoms with van der Waals surface area (Å²) in [6.07, 6.45) is 6.75. The van der Waals surface area contributed by atoms with Crippen LogP contribution in [-0.4, -0.2) is 18.0 Å². The highest BCUT2D eigenvalue weighted by Gasteiger charge is 2.12. The molecule has 0 aromatic heterocycles. The van der Waals surface area contributed by atoms with E-state index < -0.39 is 0 Å². The van der Waals surface area contributed by atoms with Gasteiger partial charge in [0.05, 0.1) is 6.04 Å². The van der Waals surface area contributed by atoms with Crippen LogP contribution in [0.15, 0.2) is 0 Å². The molecule has 0 aliphatic heterocycles. The van der Waals surface area contributed by atoms with E-state index in [1.54, 1.807) is 0 Å². The van der Waals surface area contributed by atoms with Crippen molar-refractivity contribution < 1.29 is 4.79 Å². The number of hydrogen-bond donors (Lipinski definition) is 2. The van der Waals surface area contributed by atoms with Gasteiger partial charge in [0, 0.05) is 6.04 Å². The lowest BCUT2D eigenvalue weighted by Crippen LogP contribution is -2.44. The number of nitrogens with two attached hydrogens (primary N) is 1. The fraction of sp³-hybridized carbons (Fsp3) is 0.917. The number of hydrogen-bond acceptors (Lipinski definition) is 2. The van der Waals surface area contributed by atoms with Crippen molar-refractivity contribution in [2.45, 2.75) is 71.4 Å². The Hall–Kier alpha value is -0.570. The number of carbonyl (C=O) groups excluding carboxylic acids is 1. The third-order valence-corrected chi connectivity index (χ3v) is 2.66. The van der Waals surface area contributed by atoms with E-state index in [4.69, 9.17) is 5.73 Å². The van der Waals surface area contributed by atoms with Gasteiger partial charge in [0.1, 0.15) is 0 Å². The van der Waals surface area contributed by atoms with Crippen LogP contribution in [0.4, 0.5) is 0 Å². The Kier molecular flexibility index (Phi) is 8.38. The van der Waals surface area contributed by atoms with E-state index in [2.05, 4.69) is 12.2 Å². The van der Waals surface area contributed by atoms with Crippen molar-refractivity contribution in [3.63, 3.8) is 0 Å². The van der Waals surface area contributed by atoms with Gasteiger partial charge in [0.25, 0.3) is 0 Å². The third kappa shape index (κ3) is 7.37. The molecule has 3 nitrogen and oxygen atoms in total. The maximum absolute atomic E-state index is 11.4. The SMILES string of the molecule is CCCCCCC(C)NC(=O)[C@H](N)CC. The number of carbonyl (C=O) groups is 1. The second kappa shape index (κ2) is 8.72. The first-order valence-corrected chi connectivity index (χ1v) is 6.17. The first-order valence-electron chi connectivity index (χ1n) is 6.17. The van der Waals surface area contributed by atoms with Gasteiger partial charge in [0.2, 0.25) is 5.91 Å². The summed E-state index contributed by atoms with van der Waals surface area (Å²) < 4.78 is 0. The second-order valence-corrected chi connectivity index (χ2v) is 4.27. The standard InChI is InChI=1S/C12H26N2O/c1-4-6-7-8-9-10(3)14-12(15)11(13)5-2/h10-11H,4-9,13H2,1-3H3,(H,14,15)/t10?,11-/m1/s1. The third-order valence-electron chi connectivity index (χ3n) is 2.66. The molecule has 0 saturated carbocycles. The van der Waals surface area contributed by atoms with Gasteiger partial charge in [-0.25, -0.2) is 0 Å². The Labute approximate surface area is 93.8 Å². The van der Waals surface area contributed by atoms with Crippen LogP contribution in [-0.2, 0) is 4.79 Å². The fourth-order valence-corrected chi connectivity index (χ4v) is 1.48. The van der Waals surface area contributed by atoms with E-state index >= 15 is 0 Å². The van der Waals surface area contributed by atoms with Crippen molar-refractivity contribution in [2.24, 2.45) is 5.73 Å². The summed E-state index contributed by atoms with van der Waals surface area (Å²) in [6, 6.07) is -0.0879. The van der Waals surface area contributed by atoms with Gasteiger partial charge in [0.15, 0.2) is 0 Å². The van der Waals surface area contributed by atoms with E-state index in [0.29, 0.717) is 6.42 Å². The van der Waals surface area contributed by atoms with E-state index in [1.165, 1.54) is 25.7 Å². The second-order valence-electron chi connectivity index (χ2n) is 4.27. The molecular weight excluding hydrogens is 188 g/mol. The number of unbranched alkanes of at least 4 members (excludes halogenated alkanes) is 3. The average Bonchev–Trinajstić information content (AvgIpc) is 2.23. The van der Waals surface area contributed by atoms with Crippen molar-refractivity contribution in [1.82, 2.24) is 5.32 Å². The van der Waals surface area contributed by atoms with Gasteiger partial charge in [-0.05, 0) is 19.8 Å². The summed E-state index contributed by atoms with van der Waals surface area (Å²) >= 11 is 0. The van der Waals surface area contributed by atoms with Gasteiger partial charge in [-0.3, -0.25) is 4.79 Å². The van der Waals surface area contributed by atoms with Gasteiger partial charge in [-0.2, -0.15) is 0 Å². The highest BCUT2D eigenvalue weighted by Crippen LogP contribution is 2.05. The number of rotatable bonds is 8. The molecule has 1 amide bonds. The van der Waals surface area contributed by atoms with Crippen LogP contribution < -0.4 is 11.1 Å². The molecule has 0 aliphatic carbocycles. The quantitative estimate of drug-likeness (QED) is 0.609. The molecule has 0 heterocycles. The van der Waals surface area contributed by atoms with Crippen LogP contribution in [0.2, 0.25) is 0 Å². The van der Waals surface area contributed by atoms with E-state index in [0.717, 1.165) is 6.42 Å². The van der Waals surface area contributed by atoms with Crippen molar-refractivity contribution in [2.75, 3.05) is 0 Å². The molecule has 0 spiro atoms. The zero-order chi connectivity index (χ0) is 11.7. The highest BCUT2D eigenvalue weighted by atomic mass is 16.2. The molecule has 15 heavy (non-hydrogen) atoms. The Morgan fingerprint density at radius 1 is 1.27 bits per heavy atom. The zero-order valence-electron chi connectivity index (χ0n) is 10.4. The lowest BCUT2D eigenvalue weighted by molar-refractivity contribution is -0.123. The number of amides is 1. The molecule has 0 bridgehead atoms. The predicted octanol–water partition coefficient (Wildman–Crippen LogP) is 2.20. The summed E-state index contributed by atoms with van der Waals surface area (Å²) in [4.78, 5) is 11.4. The highest BCUT2D eigenvalue weighted by molar-refractivity contribution is 5.81. The van der Waals surface area contributed by atoms with Crippen LogP contribution >= 0.6 is 0 Å². The van der Waals surface area contributed by atoms with Crippen LogP contribution in [0.1, 0.15) is 59.3 Å². The summed E-state index contributed by atoms with van der Waals surface area (Å²) in [5.74, 6) is -0.0134. The average molecular weight is 214 g/mol. The van der Waals surface area contributed by atoms with E-state index in [9.17, 15) is 4.79 Å². The molecule has 3 heteroatoms. The van der Waals surface area contributed by atoms with Crippen molar-refractivity contribution in [3.8, 4) is 0 Å². The molecular formula is C12H26N2O. The zero-order valence-corrected chi connectivity index (χ0v) is 10.4. The molecule has 0 aliphatic rings. The minimum atomic E-state index is -0.344. The van der Waals surface area contributed by atoms with Crippen LogP contribution in [0.5, 0.6) is 0 Å². The summed E-state index contributed by atoms with van der Waals surface area (Å²) in [7, 11) is 0. The molecule has 3 N–H and O–H groups in total. The molecule has 0 fully saturated rings. The topological polar surface area (TPSA) is 55.1 Å². The summed E-state index contributed by atoms with van der Waals surface area (Å²) in [6.45, 7) is 6.17. The molecule has 90 valence electrons. The maximum Gasteiger partial charge on any atom is 0.237 e. The smallest absolute Gasteiger partial charge is 0.237 e. The van der Waals surface area contributed by atoms with E-state index in [1.807, 2.05) is 13.8 Å². The lowest BCUT2D eigenvalue weighted by atomic mass is 10.1. The summed E-state index contributed by atoms with van der Waals surface area (Å²) in [5.41, 5.74) is 5.63. The Balaban J connectivity index is 3.55. The molecule has 0 aromatic carbocycles. The molecule has 2 atom stereocenters. The van der Waals surface area contributed by atoms with Crippen molar-refractivity contribution in [1.29, 1.82) is 0 Å². The van der Waals surface area contributed by atoms with Gasteiger partial charge < -0.3 is 11.1 Å². The van der Waals surface area contributed by atoms with E-state index in [-0.39, 0.29) is 18.0 Å². The Morgan fingerprint density at radius 3 is 2.47 bits per heavy atom. The van der Waals surface area contributed by atoms with Gasteiger partial charge in [-0.15, -0.1) is 0 Å². The molecule has 1 unspecified atom stereocenters. The van der Waals surface area contributed by atoms with Crippen molar-refractivity contribution >= 4 is 5.91 Å². The lowest BCUT2D eigenvalue weighted by Gasteiger charge is -2.16. The minimum Gasteiger partial charge on any atom is -0.352 e. The van der Waals surface area contributed by atoms with Crippen LogP contribution in [0.25, 0.3) is 0 Å². The predicted molar refractivity (Wildman–Crippen MR) is 64.6 cm³/mol. The Morgan fingerprint density at radius 2 is 1.93 bits per heavy atom. The Bertz CT molecular complexity index is 171. The number of nitrogens with one attached hydrogen (secondary N) is 1. The van der Waals surface area contributed by atoms with Crippen LogP contribution in [0.3, 0.4) is 0 Å². The van der Waals surface area contributed by atoms with Gasteiger partial charge in [-0.1, -0.05) is 39.5 Å². The fourth-order valence-electron chi connectivity index (χ4n) is 1.48.